The standard InChI is InChI=1S/C38H34N2O4P2.C8H12.Rh/c1-41-33-25-31(45(27-17-9-5-10-18-27)28-19-11-6-12-20-28)35(37(39-33)43-3)36-32(26-34(42-2)40-38(36)44-4)46(29-21-13-7-14-22-29)30-23-15-8-16-24-30;1-2-4-6-8-7-5-3-1;/h5-26H,1-4H3;1-2,7-8H,3-6H2;/p+2/b;2-1-,8-7-;. The van der Waals surface area contributed by atoms with E-state index in [2.05, 4.69) is 133 Å². The maximum absolute atomic E-state index is 6.13. The molecule has 7 rings (SSSR count). The van der Waals surface area contributed by atoms with Crippen LogP contribution in [0.2, 0.25) is 0 Å². The van der Waals surface area contributed by atoms with E-state index in [1.807, 2.05) is 24.3 Å². The van der Waals surface area contributed by atoms with E-state index < -0.39 is 15.8 Å². The van der Waals surface area contributed by atoms with Crippen LogP contribution in [0.1, 0.15) is 25.7 Å². The Balaban J connectivity index is 0.000000574. The first-order valence-electron chi connectivity index (χ1n) is 18.2. The molecule has 0 fully saturated rings. The fourth-order valence-electron chi connectivity index (χ4n) is 6.61. The first-order valence-corrected chi connectivity index (χ1v) is 21.2. The van der Waals surface area contributed by atoms with E-state index in [0.717, 1.165) is 21.7 Å². The molecular weight excluding hydrogens is 809 g/mol. The van der Waals surface area contributed by atoms with Crippen molar-refractivity contribution in [1.29, 1.82) is 0 Å². The van der Waals surface area contributed by atoms with Crippen molar-refractivity contribution in [3.63, 3.8) is 0 Å². The Hall–Kier alpha value is -4.66. The molecule has 1 aliphatic rings. The summed E-state index contributed by atoms with van der Waals surface area (Å²) in [7, 11) is 3.30. The number of rotatable bonds is 11. The van der Waals surface area contributed by atoms with Crippen LogP contribution in [0.3, 0.4) is 0 Å². The predicted octanol–water partition coefficient (Wildman–Crippen LogP) is 7.83. The van der Waals surface area contributed by atoms with Crippen molar-refractivity contribution in [2.45, 2.75) is 25.7 Å². The Kier molecular flexibility index (Phi) is 16.2. The second-order valence-electron chi connectivity index (χ2n) is 12.5. The van der Waals surface area contributed by atoms with Crippen LogP contribution in [0.25, 0.3) is 11.1 Å². The first-order chi connectivity index (χ1) is 26.7. The minimum atomic E-state index is -1.63. The number of hydrogen-bond acceptors (Lipinski definition) is 6. The number of ether oxygens (including phenoxy) is 4. The Morgan fingerprint density at radius 1 is 0.400 bits per heavy atom. The molecule has 6 aromatic rings. The molecule has 0 amide bonds. The van der Waals surface area contributed by atoms with Gasteiger partial charge in [-0.05, 0) is 74.2 Å². The largest absolute Gasteiger partial charge is 0.481 e. The summed E-state index contributed by atoms with van der Waals surface area (Å²) in [5.74, 6) is 1.84. The van der Waals surface area contributed by atoms with Gasteiger partial charge in [-0.1, -0.05) is 97.1 Å². The van der Waals surface area contributed by atoms with Gasteiger partial charge in [-0.25, -0.2) is 0 Å². The van der Waals surface area contributed by atoms with Gasteiger partial charge in [0.25, 0.3) is 0 Å². The molecule has 0 unspecified atom stereocenters. The van der Waals surface area contributed by atoms with Gasteiger partial charge in [0.2, 0.25) is 23.5 Å². The van der Waals surface area contributed by atoms with Crippen LogP contribution in [0.5, 0.6) is 23.5 Å². The van der Waals surface area contributed by atoms with Crippen LogP contribution < -0.4 is 50.8 Å². The molecule has 0 atom stereocenters. The van der Waals surface area contributed by atoms with Gasteiger partial charge in [0.05, 0.1) is 55.4 Å². The summed E-state index contributed by atoms with van der Waals surface area (Å²) >= 11 is 0. The van der Waals surface area contributed by atoms with Gasteiger partial charge < -0.3 is 18.9 Å². The number of hydrogen-bond donors (Lipinski definition) is 0. The van der Waals surface area contributed by atoms with Crippen LogP contribution in [0.15, 0.2) is 158 Å². The van der Waals surface area contributed by atoms with Crippen molar-refractivity contribution in [2.75, 3.05) is 28.4 Å². The SMILES string of the molecule is C1=C\CC/C=C\CC/1.COc1cc([PH+](c2ccccc2)c2ccccc2)c(-c2c([PH+](c3ccccc3)c3ccccc3)cc(OC)nc2OC)c(OC)n1.[Rh]. The molecule has 0 bridgehead atoms. The molecule has 0 aliphatic heterocycles. The average molecular weight is 858 g/mol. The third-order valence-electron chi connectivity index (χ3n) is 9.10. The van der Waals surface area contributed by atoms with Crippen LogP contribution in [-0.2, 0) is 19.5 Å². The van der Waals surface area contributed by atoms with Crippen molar-refractivity contribution >= 4 is 47.7 Å². The third-order valence-corrected chi connectivity index (χ3v) is 14.6. The molecule has 2 aromatic heterocycles. The van der Waals surface area contributed by atoms with E-state index >= 15 is 0 Å². The van der Waals surface area contributed by atoms with Crippen LogP contribution >= 0.6 is 15.8 Å². The number of benzene rings is 4. The second-order valence-corrected chi connectivity index (χ2v) is 17.4. The molecule has 6 nitrogen and oxygen atoms in total. The molecule has 2 heterocycles. The number of nitrogens with zero attached hydrogens (tertiary/aromatic N) is 2. The zero-order valence-electron chi connectivity index (χ0n) is 31.7. The zero-order chi connectivity index (χ0) is 37.5. The average Bonchev–Trinajstić information content (AvgIpc) is 3.22. The van der Waals surface area contributed by atoms with Gasteiger partial charge in [0.15, 0.2) is 0 Å². The summed E-state index contributed by atoms with van der Waals surface area (Å²) < 4.78 is 23.8. The molecular formula is C46H48N2O4P2Rh+2. The second kappa shape index (κ2) is 21.4. The summed E-state index contributed by atoms with van der Waals surface area (Å²) in [5.41, 5.74) is 1.67. The van der Waals surface area contributed by atoms with Crippen molar-refractivity contribution in [2.24, 2.45) is 0 Å². The maximum atomic E-state index is 6.13. The molecule has 283 valence electrons. The molecule has 0 saturated carbocycles. The Labute approximate surface area is 340 Å². The molecule has 1 radical (unpaired) electrons. The summed E-state index contributed by atoms with van der Waals surface area (Å²) in [6.45, 7) is 0. The topological polar surface area (TPSA) is 62.7 Å². The van der Waals surface area contributed by atoms with E-state index in [-0.39, 0.29) is 19.5 Å². The normalized spacial score (nSPS) is 13.3. The maximum Gasteiger partial charge on any atom is 0.228 e. The Morgan fingerprint density at radius 3 is 0.909 bits per heavy atom. The summed E-state index contributed by atoms with van der Waals surface area (Å²) in [4.78, 5) is 9.70. The van der Waals surface area contributed by atoms with Crippen molar-refractivity contribution in [1.82, 2.24) is 9.97 Å². The van der Waals surface area contributed by atoms with Gasteiger partial charge in [-0.2, -0.15) is 9.97 Å². The molecule has 9 heteroatoms. The van der Waals surface area contributed by atoms with E-state index in [1.165, 1.54) is 46.9 Å². The molecule has 0 N–H and O–H groups in total. The zero-order valence-corrected chi connectivity index (χ0v) is 35.3. The Bertz CT molecular complexity index is 1890. The summed E-state index contributed by atoms with van der Waals surface area (Å²) in [5, 5.41) is 6.98. The Morgan fingerprint density at radius 2 is 0.673 bits per heavy atom. The van der Waals surface area contributed by atoms with Gasteiger partial charge >= 0.3 is 0 Å². The summed E-state index contributed by atoms with van der Waals surface area (Å²) in [6, 6.07) is 46.5. The molecule has 0 spiro atoms. The van der Waals surface area contributed by atoms with Gasteiger partial charge in [0.1, 0.15) is 31.8 Å². The van der Waals surface area contributed by atoms with E-state index in [4.69, 9.17) is 28.9 Å². The number of methoxy groups -OCH3 is 4. The van der Waals surface area contributed by atoms with Crippen LogP contribution in [0.4, 0.5) is 0 Å². The van der Waals surface area contributed by atoms with Gasteiger partial charge in [-0.15, -0.1) is 0 Å². The van der Waals surface area contributed by atoms with E-state index in [0.29, 0.717) is 23.5 Å². The van der Waals surface area contributed by atoms with Gasteiger partial charge in [0, 0.05) is 31.6 Å². The summed E-state index contributed by atoms with van der Waals surface area (Å²) in [6.07, 6.45) is 14.0. The van der Waals surface area contributed by atoms with Crippen molar-refractivity contribution in [3.05, 3.63) is 158 Å². The smallest absolute Gasteiger partial charge is 0.228 e. The van der Waals surface area contributed by atoms with Crippen molar-refractivity contribution in [3.8, 4) is 34.6 Å². The predicted molar refractivity (Wildman–Crippen MR) is 231 cm³/mol. The molecule has 55 heavy (non-hydrogen) atoms. The molecule has 0 saturated heterocycles. The minimum Gasteiger partial charge on any atom is -0.481 e. The number of pyridine rings is 2. The minimum absolute atomic E-state index is 0. The first kappa shape index (κ1) is 41.5. The van der Waals surface area contributed by atoms with E-state index in [1.54, 1.807) is 28.4 Å². The number of allylic oxidation sites excluding steroid dienone is 4. The third kappa shape index (κ3) is 10.4. The monoisotopic (exact) mass is 857 g/mol. The fourth-order valence-corrected chi connectivity index (χ4v) is 12.1. The quantitative estimate of drug-likeness (QED) is 0.0753. The van der Waals surface area contributed by atoms with Crippen LogP contribution in [0, 0.1) is 0 Å². The number of aromatic nitrogens is 2. The fraction of sp³-hybridized carbons (Fsp3) is 0.174. The van der Waals surface area contributed by atoms with Crippen LogP contribution in [-0.4, -0.2) is 38.4 Å². The van der Waals surface area contributed by atoms with Crippen molar-refractivity contribution < 1.29 is 38.4 Å². The van der Waals surface area contributed by atoms with E-state index in [9.17, 15) is 0 Å². The molecule has 4 aromatic carbocycles. The molecule has 1 aliphatic carbocycles. The van der Waals surface area contributed by atoms with Gasteiger partial charge in [-0.3, -0.25) is 0 Å².